The summed E-state index contributed by atoms with van der Waals surface area (Å²) in [5, 5.41) is 0. The Bertz CT molecular complexity index is 1680. The molecule has 0 saturated heterocycles. The van der Waals surface area contributed by atoms with Crippen molar-refractivity contribution in [3.8, 4) is 0 Å². The molecule has 0 aliphatic rings. The normalized spacial score (nSPS) is 13.1. The lowest BCUT2D eigenvalue weighted by molar-refractivity contribution is -0.167. The molecule has 0 bridgehead atoms. The van der Waals surface area contributed by atoms with Crippen molar-refractivity contribution >= 4 is 17.9 Å². The summed E-state index contributed by atoms with van der Waals surface area (Å²) in [5.74, 6) is -0.973. The van der Waals surface area contributed by atoms with Gasteiger partial charge in [0.1, 0.15) is 13.2 Å². The predicted octanol–water partition coefficient (Wildman–Crippen LogP) is 21.2. The van der Waals surface area contributed by atoms with Gasteiger partial charge in [-0.25, -0.2) is 0 Å². The van der Waals surface area contributed by atoms with Gasteiger partial charge in [-0.15, -0.1) is 0 Å². The zero-order chi connectivity index (χ0) is 55.0. The molecule has 1 atom stereocenters. The van der Waals surface area contributed by atoms with Crippen molar-refractivity contribution in [1.82, 2.24) is 0 Å². The number of hydrogen-bond donors (Lipinski definition) is 0. The zero-order valence-electron chi connectivity index (χ0n) is 49.0. The van der Waals surface area contributed by atoms with Gasteiger partial charge in [0.2, 0.25) is 0 Å². The van der Waals surface area contributed by atoms with Crippen molar-refractivity contribution in [2.24, 2.45) is 0 Å². The van der Waals surface area contributed by atoms with Crippen molar-refractivity contribution in [3.63, 3.8) is 0 Å². The largest absolute Gasteiger partial charge is 0.462 e. The van der Waals surface area contributed by atoms with Crippen LogP contribution in [0.1, 0.15) is 258 Å². The molecule has 0 aromatic rings. The molecule has 6 nitrogen and oxygen atoms in total. The van der Waals surface area contributed by atoms with E-state index in [1.807, 2.05) is 0 Å². The maximum Gasteiger partial charge on any atom is 0.306 e. The van der Waals surface area contributed by atoms with Crippen LogP contribution in [0.5, 0.6) is 0 Å². The van der Waals surface area contributed by atoms with Crippen LogP contribution in [0.4, 0.5) is 0 Å². The van der Waals surface area contributed by atoms with E-state index in [2.05, 4.69) is 167 Å². The van der Waals surface area contributed by atoms with Crippen molar-refractivity contribution in [2.75, 3.05) is 13.2 Å². The van der Waals surface area contributed by atoms with E-state index in [0.717, 1.165) is 148 Å². The quantitative estimate of drug-likeness (QED) is 0.0261. The molecule has 0 N–H and O–H groups in total. The highest BCUT2D eigenvalue weighted by Gasteiger charge is 2.19. The first-order chi connectivity index (χ1) is 37.5. The van der Waals surface area contributed by atoms with E-state index in [9.17, 15) is 14.4 Å². The van der Waals surface area contributed by atoms with Crippen molar-refractivity contribution in [3.05, 3.63) is 146 Å². The smallest absolute Gasteiger partial charge is 0.306 e. The third-order valence-electron chi connectivity index (χ3n) is 12.5. The Hall–Kier alpha value is -4.71. The van der Waals surface area contributed by atoms with Crippen LogP contribution in [0, 0.1) is 0 Å². The number of carbonyl (C=O) groups excluding carboxylic acids is 3. The molecule has 428 valence electrons. The molecular formula is C70H112O6. The van der Waals surface area contributed by atoms with Gasteiger partial charge in [-0.3, -0.25) is 14.4 Å². The van der Waals surface area contributed by atoms with E-state index in [0.29, 0.717) is 25.7 Å². The summed E-state index contributed by atoms with van der Waals surface area (Å²) >= 11 is 0. The average Bonchev–Trinajstić information content (AvgIpc) is 3.42. The van der Waals surface area contributed by atoms with Crippen LogP contribution in [0.15, 0.2) is 146 Å². The third kappa shape index (κ3) is 60.2. The number of ether oxygens (including phenoxy) is 3. The number of carbonyl (C=O) groups is 3. The fraction of sp³-hybridized carbons (Fsp3) is 0.614. The minimum absolute atomic E-state index is 0.104. The van der Waals surface area contributed by atoms with Crippen LogP contribution in [-0.2, 0) is 28.6 Å². The second kappa shape index (κ2) is 62.8. The fourth-order valence-electron chi connectivity index (χ4n) is 7.94. The molecule has 0 heterocycles. The molecule has 0 radical (unpaired) electrons. The van der Waals surface area contributed by atoms with Crippen LogP contribution < -0.4 is 0 Å². The predicted molar refractivity (Wildman–Crippen MR) is 329 cm³/mol. The SMILES string of the molecule is CC/C=C\C/C=C\C/C=C\C/C=C\C/C=C\C/C=C\C/C=C\C/C=C\C/C=C\C/C=C\CCCCC(=O)OCC(COC(=O)CCCCCCC/C=C\CCC)OC(=O)CCCCCCC/C=C\CCCCCCCC. The Kier molecular flexibility index (Phi) is 58.9. The second-order valence-electron chi connectivity index (χ2n) is 19.9. The van der Waals surface area contributed by atoms with Crippen LogP contribution in [0.3, 0.4) is 0 Å². The Balaban J connectivity index is 4.34. The number of rotatable bonds is 54. The molecule has 0 rings (SSSR count). The van der Waals surface area contributed by atoms with Gasteiger partial charge < -0.3 is 14.2 Å². The van der Waals surface area contributed by atoms with E-state index in [-0.39, 0.29) is 31.1 Å². The van der Waals surface area contributed by atoms with Gasteiger partial charge in [0.25, 0.3) is 0 Å². The lowest BCUT2D eigenvalue weighted by Crippen LogP contribution is -2.30. The highest BCUT2D eigenvalue weighted by molar-refractivity contribution is 5.71. The Morgan fingerprint density at radius 2 is 0.539 bits per heavy atom. The van der Waals surface area contributed by atoms with Gasteiger partial charge in [-0.1, -0.05) is 244 Å². The Morgan fingerprint density at radius 3 is 0.895 bits per heavy atom. The first-order valence-electron chi connectivity index (χ1n) is 30.8. The molecule has 0 aliphatic heterocycles. The lowest BCUT2D eigenvalue weighted by atomic mass is 10.1. The summed E-state index contributed by atoms with van der Waals surface area (Å²) in [6.45, 7) is 6.40. The summed E-state index contributed by atoms with van der Waals surface area (Å²) < 4.78 is 16.8. The van der Waals surface area contributed by atoms with Gasteiger partial charge in [0, 0.05) is 19.3 Å². The molecular weight excluding hydrogens is 937 g/mol. The maximum absolute atomic E-state index is 12.8. The minimum Gasteiger partial charge on any atom is -0.462 e. The number of esters is 3. The van der Waals surface area contributed by atoms with Gasteiger partial charge in [-0.2, -0.15) is 0 Å². The average molecular weight is 1050 g/mol. The maximum atomic E-state index is 12.8. The van der Waals surface area contributed by atoms with E-state index in [4.69, 9.17) is 14.2 Å². The second-order valence-corrected chi connectivity index (χ2v) is 19.9. The zero-order valence-corrected chi connectivity index (χ0v) is 49.0. The summed E-state index contributed by atoms with van der Waals surface area (Å²) in [7, 11) is 0. The number of hydrogen-bond acceptors (Lipinski definition) is 6. The van der Waals surface area contributed by atoms with Crippen molar-refractivity contribution in [2.45, 2.75) is 264 Å². The van der Waals surface area contributed by atoms with Crippen molar-refractivity contribution < 1.29 is 28.6 Å². The highest BCUT2D eigenvalue weighted by atomic mass is 16.6. The third-order valence-corrected chi connectivity index (χ3v) is 12.5. The van der Waals surface area contributed by atoms with Crippen LogP contribution in [0.2, 0.25) is 0 Å². The van der Waals surface area contributed by atoms with E-state index in [1.165, 1.54) is 64.2 Å². The standard InChI is InChI=1S/C70H112O6/c1-4-7-10-13-16-19-22-24-26-27-28-29-30-31-32-33-34-35-36-37-38-39-40-41-42-43-45-46-48-51-54-57-60-63-69(72)75-66-67(65-74-68(71)62-59-56-53-50-21-18-15-12-9-6-3)76-70(73)64-61-58-55-52-49-47-44-25-23-20-17-14-11-8-5-2/h7,10,12,15-16,19,24-26,28-29,31-32,34-35,37-38,40-41,43-45,48,51,67H,4-6,8-9,11,13-14,17-18,20-23,27,30,33,36,39,42,46-47,49-50,52-66H2,1-3H3/b10-7-,15-12-,19-16-,26-24-,29-28-,32-31-,35-34-,38-37-,41-40-,44-25-,45-43-,51-48-. The highest BCUT2D eigenvalue weighted by Crippen LogP contribution is 2.13. The Labute approximate surface area is 467 Å². The topological polar surface area (TPSA) is 78.9 Å². The summed E-state index contributed by atoms with van der Waals surface area (Å²) in [6.07, 6.45) is 90.0. The van der Waals surface area contributed by atoms with E-state index < -0.39 is 6.10 Å². The van der Waals surface area contributed by atoms with Crippen LogP contribution in [0.25, 0.3) is 0 Å². The summed E-state index contributed by atoms with van der Waals surface area (Å²) in [5.41, 5.74) is 0. The monoisotopic (exact) mass is 1050 g/mol. The molecule has 0 saturated carbocycles. The lowest BCUT2D eigenvalue weighted by Gasteiger charge is -2.18. The van der Waals surface area contributed by atoms with E-state index >= 15 is 0 Å². The van der Waals surface area contributed by atoms with E-state index in [1.54, 1.807) is 0 Å². The first kappa shape index (κ1) is 71.3. The summed E-state index contributed by atoms with van der Waals surface area (Å²) in [4.78, 5) is 38.1. The molecule has 0 aromatic carbocycles. The Morgan fingerprint density at radius 1 is 0.276 bits per heavy atom. The van der Waals surface area contributed by atoms with Gasteiger partial charge in [0.15, 0.2) is 6.10 Å². The molecule has 0 fully saturated rings. The molecule has 0 aliphatic carbocycles. The van der Waals surface area contributed by atoms with Gasteiger partial charge in [0.05, 0.1) is 0 Å². The minimum atomic E-state index is -0.808. The van der Waals surface area contributed by atoms with Crippen LogP contribution >= 0.6 is 0 Å². The van der Waals surface area contributed by atoms with Gasteiger partial charge >= 0.3 is 17.9 Å². The molecule has 6 heteroatoms. The number of allylic oxidation sites excluding steroid dienone is 24. The molecule has 0 spiro atoms. The molecule has 76 heavy (non-hydrogen) atoms. The van der Waals surface area contributed by atoms with Crippen LogP contribution in [-0.4, -0.2) is 37.2 Å². The fourth-order valence-corrected chi connectivity index (χ4v) is 7.94. The molecule has 0 aromatic heterocycles. The number of unbranched alkanes of at least 4 members (excludes halogenated alkanes) is 19. The molecule has 0 amide bonds. The first-order valence-corrected chi connectivity index (χ1v) is 30.8. The van der Waals surface area contributed by atoms with Gasteiger partial charge in [-0.05, 0) is 141 Å². The van der Waals surface area contributed by atoms with Crippen molar-refractivity contribution in [1.29, 1.82) is 0 Å². The molecule has 1 unspecified atom stereocenters. The summed E-state index contributed by atoms with van der Waals surface area (Å²) in [6, 6.07) is 0.